The Morgan fingerprint density at radius 3 is 3.12 bits per heavy atom. The summed E-state index contributed by atoms with van der Waals surface area (Å²) in [5, 5.41) is 14.8. The van der Waals surface area contributed by atoms with Gasteiger partial charge in [0.15, 0.2) is 5.65 Å². The Labute approximate surface area is 103 Å². The fraction of sp³-hybridized carbons (Fsp3) is 0.600. The topological polar surface area (TPSA) is 68.0 Å². The van der Waals surface area contributed by atoms with Gasteiger partial charge in [-0.1, -0.05) is 0 Å². The Bertz CT molecular complexity index is 492. The molecule has 1 aliphatic rings. The monoisotopic (exact) mass is 250 g/mol. The van der Waals surface area contributed by atoms with E-state index in [0.717, 1.165) is 18.3 Å². The van der Waals surface area contributed by atoms with E-state index in [0.29, 0.717) is 5.65 Å². The second-order valence-electron chi connectivity index (χ2n) is 4.18. The highest BCUT2D eigenvalue weighted by Crippen LogP contribution is 2.22. The summed E-state index contributed by atoms with van der Waals surface area (Å²) >= 11 is 2.05. The van der Waals surface area contributed by atoms with Crippen molar-refractivity contribution in [2.45, 2.75) is 12.8 Å². The molecular formula is C10H14N6S. The van der Waals surface area contributed by atoms with E-state index in [1.165, 1.54) is 24.3 Å². The second kappa shape index (κ2) is 4.87. The molecule has 2 aromatic rings. The maximum absolute atomic E-state index is 4.12. The number of tetrazole rings is 1. The third-order valence-corrected chi connectivity index (χ3v) is 4.07. The van der Waals surface area contributed by atoms with Crippen LogP contribution >= 0.6 is 11.8 Å². The minimum Gasteiger partial charge on any atom is -0.368 e. The molecule has 0 amide bonds. The van der Waals surface area contributed by atoms with Crippen LogP contribution in [0.4, 0.5) is 5.82 Å². The highest BCUT2D eigenvalue weighted by atomic mass is 32.2. The van der Waals surface area contributed by atoms with Crippen molar-refractivity contribution >= 4 is 23.2 Å². The van der Waals surface area contributed by atoms with Gasteiger partial charge in [-0.05, 0) is 40.7 Å². The maximum atomic E-state index is 4.12. The molecule has 0 unspecified atom stereocenters. The molecule has 2 aromatic heterocycles. The van der Waals surface area contributed by atoms with E-state index >= 15 is 0 Å². The van der Waals surface area contributed by atoms with Gasteiger partial charge < -0.3 is 5.32 Å². The molecule has 7 heteroatoms. The van der Waals surface area contributed by atoms with E-state index in [2.05, 4.69) is 25.8 Å². The Morgan fingerprint density at radius 2 is 2.24 bits per heavy atom. The summed E-state index contributed by atoms with van der Waals surface area (Å²) in [6, 6.07) is 0. The van der Waals surface area contributed by atoms with E-state index in [1.54, 1.807) is 16.9 Å². The zero-order valence-corrected chi connectivity index (χ0v) is 10.2. The molecule has 1 aliphatic heterocycles. The molecule has 0 aliphatic carbocycles. The lowest BCUT2D eigenvalue weighted by molar-refractivity contribution is 0.514. The maximum Gasteiger partial charge on any atom is 0.199 e. The first-order valence-electron chi connectivity index (χ1n) is 5.77. The average Bonchev–Trinajstić information content (AvgIpc) is 2.86. The number of anilines is 1. The smallest absolute Gasteiger partial charge is 0.199 e. The Balaban J connectivity index is 1.69. The van der Waals surface area contributed by atoms with Gasteiger partial charge in [0, 0.05) is 6.54 Å². The molecule has 0 atom stereocenters. The fourth-order valence-corrected chi connectivity index (χ4v) is 3.20. The SMILES string of the molecule is c1ncc2nnnn2c1NCC1CCSCC1. The highest BCUT2D eigenvalue weighted by Gasteiger charge is 2.14. The van der Waals surface area contributed by atoms with Gasteiger partial charge in [-0.3, -0.25) is 4.98 Å². The lowest BCUT2D eigenvalue weighted by atomic mass is 10.0. The molecule has 1 saturated heterocycles. The molecule has 0 spiro atoms. The first-order valence-corrected chi connectivity index (χ1v) is 6.92. The summed E-state index contributed by atoms with van der Waals surface area (Å²) in [6.45, 7) is 0.973. The van der Waals surface area contributed by atoms with Crippen molar-refractivity contribution in [3.8, 4) is 0 Å². The van der Waals surface area contributed by atoms with Gasteiger partial charge in [0.2, 0.25) is 0 Å². The van der Waals surface area contributed by atoms with Crippen LogP contribution in [-0.2, 0) is 0 Å². The molecule has 0 radical (unpaired) electrons. The predicted octanol–water partition coefficient (Wildman–Crippen LogP) is 1.07. The van der Waals surface area contributed by atoms with Crippen molar-refractivity contribution in [3.63, 3.8) is 0 Å². The van der Waals surface area contributed by atoms with E-state index < -0.39 is 0 Å². The minimum absolute atomic E-state index is 0.675. The van der Waals surface area contributed by atoms with Crippen molar-refractivity contribution in [1.29, 1.82) is 0 Å². The molecule has 3 heterocycles. The summed E-state index contributed by atoms with van der Waals surface area (Å²) in [6.07, 6.45) is 6.00. The lowest BCUT2D eigenvalue weighted by Gasteiger charge is -2.21. The number of hydrogen-bond acceptors (Lipinski definition) is 6. The molecule has 3 rings (SSSR count). The Morgan fingerprint density at radius 1 is 1.35 bits per heavy atom. The van der Waals surface area contributed by atoms with Crippen molar-refractivity contribution in [2.75, 3.05) is 23.4 Å². The normalized spacial score (nSPS) is 17.4. The van der Waals surface area contributed by atoms with Gasteiger partial charge in [0.1, 0.15) is 5.82 Å². The number of rotatable bonds is 3. The van der Waals surface area contributed by atoms with Gasteiger partial charge in [-0.2, -0.15) is 16.3 Å². The first kappa shape index (κ1) is 10.8. The van der Waals surface area contributed by atoms with E-state index in [1.807, 2.05) is 11.8 Å². The van der Waals surface area contributed by atoms with Crippen LogP contribution in [0.1, 0.15) is 12.8 Å². The third-order valence-electron chi connectivity index (χ3n) is 3.02. The van der Waals surface area contributed by atoms with Crippen molar-refractivity contribution in [1.82, 2.24) is 25.0 Å². The molecule has 0 aromatic carbocycles. The molecule has 17 heavy (non-hydrogen) atoms. The Kier molecular flexibility index (Phi) is 3.08. The number of thioether (sulfide) groups is 1. The molecule has 1 fully saturated rings. The molecular weight excluding hydrogens is 236 g/mol. The average molecular weight is 250 g/mol. The Hall–Kier alpha value is -1.37. The van der Waals surface area contributed by atoms with Crippen LogP contribution in [0.25, 0.3) is 5.65 Å². The lowest BCUT2D eigenvalue weighted by Crippen LogP contribution is -2.20. The van der Waals surface area contributed by atoms with Gasteiger partial charge in [-0.25, -0.2) is 0 Å². The van der Waals surface area contributed by atoms with Gasteiger partial charge in [0.25, 0.3) is 0 Å². The predicted molar refractivity (Wildman–Crippen MR) is 67.1 cm³/mol. The van der Waals surface area contributed by atoms with E-state index in [9.17, 15) is 0 Å². The van der Waals surface area contributed by atoms with Crippen LogP contribution in [0, 0.1) is 5.92 Å². The summed E-state index contributed by atoms with van der Waals surface area (Å²) in [7, 11) is 0. The standard InChI is InChI=1S/C10H14N6S/c1-3-17-4-2-8(1)5-12-9-6-11-7-10-13-14-15-16(9)10/h6-8,12H,1-5H2. The quantitative estimate of drug-likeness (QED) is 0.879. The molecule has 90 valence electrons. The number of aromatic nitrogens is 5. The molecule has 1 N–H and O–H groups in total. The summed E-state index contributed by atoms with van der Waals surface area (Å²) in [4.78, 5) is 4.12. The zero-order valence-electron chi connectivity index (χ0n) is 9.41. The second-order valence-corrected chi connectivity index (χ2v) is 5.40. The molecule has 0 saturated carbocycles. The van der Waals surface area contributed by atoms with Gasteiger partial charge in [0.05, 0.1) is 12.4 Å². The number of fused-ring (bicyclic) bond motifs is 1. The number of nitrogens with one attached hydrogen (secondary N) is 1. The third kappa shape index (κ3) is 2.33. The molecule has 0 bridgehead atoms. The van der Waals surface area contributed by atoms with Gasteiger partial charge in [-0.15, -0.1) is 5.10 Å². The highest BCUT2D eigenvalue weighted by molar-refractivity contribution is 7.99. The largest absolute Gasteiger partial charge is 0.368 e. The van der Waals surface area contributed by atoms with Crippen LogP contribution in [0.15, 0.2) is 12.4 Å². The van der Waals surface area contributed by atoms with E-state index in [4.69, 9.17) is 0 Å². The van der Waals surface area contributed by atoms with Gasteiger partial charge >= 0.3 is 0 Å². The van der Waals surface area contributed by atoms with Crippen LogP contribution in [-0.4, -0.2) is 43.1 Å². The summed E-state index contributed by atoms with van der Waals surface area (Å²) < 4.78 is 1.69. The zero-order chi connectivity index (χ0) is 11.5. The van der Waals surface area contributed by atoms with Crippen molar-refractivity contribution in [3.05, 3.63) is 12.4 Å². The van der Waals surface area contributed by atoms with Crippen molar-refractivity contribution in [2.24, 2.45) is 5.92 Å². The van der Waals surface area contributed by atoms with Crippen molar-refractivity contribution < 1.29 is 0 Å². The van der Waals surface area contributed by atoms with Crippen LogP contribution in [0.5, 0.6) is 0 Å². The summed E-state index contributed by atoms with van der Waals surface area (Å²) in [5.74, 6) is 4.17. The number of nitrogens with zero attached hydrogens (tertiary/aromatic N) is 5. The van der Waals surface area contributed by atoms with Crippen LogP contribution < -0.4 is 5.32 Å². The van der Waals surface area contributed by atoms with E-state index in [-0.39, 0.29) is 0 Å². The van der Waals surface area contributed by atoms with Crippen LogP contribution in [0.3, 0.4) is 0 Å². The minimum atomic E-state index is 0.675. The fourth-order valence-electron chi connectivity index (χ4n) is 2.00. The number of hydrogen-bond donors (Lipinski definition) is 1. The van der Waals surface area contributed by atoms with Crippen LogP contribution in [0.2, 0.25) is 0 Å². The first-order chi connectivity index (χ1) is 8.43. The molecule has 6 nitrogen and oxygen atoms in total. The summed E-state index contributed by atoms with van der Waals surface area (Å²) in [5.41, 5.74) is 0.675.